The summed E-state index contributed by atoms with van der Waals surface area (Å²) in [5.41, 5.74) is 0.916. The Labute approximate surface area is 252 Å². The van der Waals surface area contributed by atoms with E-state index in [1.165, 1.54) is 24.1 Å². The van der Waals surface area contributed by atoms with Crippen molar-refractivity contribution in [1.29, 1.82) is 0 Å². The summed E-state index contributed by atoms with van der Waals surface area (Å²) in [6, 6.07) is 18.3. The number of carbonyl (C=O) groups excluding carboxylic acids is 2. The lowest BCUT2D eigenvalue weighted by atomic mass is 10.1. The maximum absolute atomic E-state index is 14.1. The standard InChI is InChI=1S/C30H35Cl2N3O5S/c1-5-21(3)33-30(37)28(6-2)34(19-22-12-17-26(31)27(32)18-22)29(36)20-35(23-13-15-24(40-4)16-14-23)41(38,39)25-10-8-7-9-11-25/h7-18,21,28H,5-6,19-20H2,1-4H3,(H,33,37)/t21-,28-/m0/s1. The molecule has 8 nitrogen and oxygen atoms in total. The average molecular weight is 621 g/mol. The summed E-state index contributed by atoms with van der Waals surface area (Å²) >= 11 is 12.3. The van der Waals surface area contributed by atoms with Gasteiger partial charge < -0.3 is 15.0 Å². The SMILES string of the molecule is CC[C@H](C)NC(=O)[C@H](CC)N(Cc1ccc(Cl)c(Cl)c1)C(=O)CN(c1ccc(OC)cc1)S(=O)(=O)c1ccccc1. The molecule has 0 aliphatic carbocycles. The molecule has 0 heterocycles. The summed E-state index contributed by atoms with van der Waals surface area (Å²) in [6.07, 6.45) is 1.02. The summed E-state index contributed by atoms with van der Waals surface area (Å²) in [5.74, 6) is -0.346. The van der Waals surface area contributed by atoms with Crippen LogP contribution in [0.4, 0.5) is 5.69 Å². The van der Waals surface area contributed by atoms with E-state index < -0.39 is 28.5 Å². The Balaban J connectivity index is 2.06. The van der Waals surface area contributed by atoms with Crippen molar-refractivity contribution in [3.05, 3.63) is 88.4 Å². The largest absolute Gasteiger partial charge is 0.497 e. The average Bonchev–Trinajstić information content (AvgIpc) is 2.97. The van der Waals surface area contributed by atoms with Gasteiger partial charge in [0.2, 0.25) is 11.8 Å². The predicted molar refractivity (Wildman–Crippen MR) is 163 cm³/mol. The normalized spacial score (nSPS) is 12.7. The van der Waals surface area contributed by atoms with Gasteiger partial charge in [-0.1, -0.05) is 61.3 Å². The molecule has 0 bridgehead atoms. The van der Waals surface area contributed by atoms with E-state index in [1.807, 2.05) is 13.8 Å². The quantitative estimate of drug-likeness (QED) is 0.256. The van der Waals surface area contributed by atoms with Crippen LogP contribution in [0.2, 0.25) is 10.0 Å². The molecule has 3 rings (SSSR count). The molecule has 3 aromatic carbocycles. The van der Waals surface area contributed by atoms with E-state index in [2.05, 4.69) is 5.32 Å². The maximum atomic E-state index is 14.1. The number of hydrogen-bond acceptors (Lipinski definition) is 5. The van der Waals surface area contributed by atoms with E-state index >= 15 is 0 Å². The summed E-state index contributed by atoms with van der Waals surface area (Å²) in [7, 11) is -2.65. The van der Waals surface area contributed by atoms with Gasteiger partial charge in [-0.3, -0.25) is 13.9 Å². The van der Waals surface area contributed by atoms with Gasteiger partial charge in [0.15, 0.2) is 0 Å². The van der Waals surface area contributed by atoms with Gasteiger partial charge >= 0.3 is 0 Å². The number of sulfonamides is 1. The molecule has 3 aromatic rings. The number of anilines is 1. The molecule has 0 radical (unpaired) electrons. The Kier molecular flexibility index (Phi) is 11.5. The van der Waals surface area contributed by atoms with Gasteiger partial charge in [0, 0.05) is 12.6 Å². The van der Waals surface area contributed by atoms with Crippen molar-refractivity contribution < 1.29 is 22.7 Å². The fraction of sp³-hybridized carbons (Fsp3) is 0.333. The molecule has 11 heteroatoms. The minimum atomic E-state index is -4.16. The van der Waals surface area contributed by atoms with Gasteiger partial charge in [0.25, 0.3) is 10.0 Å². The Morgan fingerprint density at radius 2 is 1.59 bits per heavy atom. The maximum Gasteiger partial charge on any atom is 0.264 e. The lowest BCUT2D eigenvalue weighted by Gasteiger charge is -2.33. The van der Waals surface area contributed by atoms with Crippen LogP contribution in [-0.2, 0) is 26.2 Å². The molecular weight excluding hydrogens is 585 g/mol. The summed E-state index contributed by atoms with van der Waals surface area (Å²) in [4.78, 5) is 28.9. The van der Waals surface area contributed by atoms with Crippen LogP contribution in [-0.4, -0.2) is 50.9 Å². The zero-order valence-corrected chi connectivity index (χ0v) is 25.8. The highest BCUT2D eigenvalue weighted by atomic mass is 35.5. The molecule has 0 unspecified atom stereocenters. The molecule has 0 saturated heterocycles. The summed E-state index contributed by atoms with van der Waals surface area (Å²) in [6.45, 7) is 5.11. The lowest BCUT2D eigenvalue weighted by Crippen LogP contribution is -2.53. The van der Waals surface area contributed by atoms with Crippen molar-refractivity contribution in [3.63, 3.8) is 0 Å². The van der Waals surface area contributed by atoms with Crippen molar-refractivity contribution in [2.24, 2.45) is 0 Å². The highest BCUT2D eigenvalue weighted by molar-refractivity contribution is 7.92. The fourth-order valence-electron chi connectivity index (χ4n) is 4.19. The van der Waals surface area contributed by atoms with E-state index in [-0.39, 0.29) is 29.1 Å². The molecule has 1 N–H and O–H groups in total. The Bertz CT molecular complexity index is 1440. The highest BCUT2D eigenvalue weighted by Gasteiger charge is 2.34. The Morgan fingerprint density at radius 3 is 2.15 bits per heavy atom. The number of benzene rings is 3. The molecule has 41 heavy (non-hydrogen) atoms. The molecule has 0 aliphatic heterocycles. The lowest BCUT2D eigenvalue weighted by molar-refractivity contribution is -0.140. The molecule has 0 saturated carbocycles. The first kappa shape index (κ1) is 32.2. The van der Waals surface area contributed by atoms with Crippen molar-refractivity contribution in [3.8, 4) is 5.75 Å². The molecule has 2 amide bonds. The topological polar surface area (TPSA) is 96.0 Å². The summed E-state index contributed by atoms with van der Waals surface area (Å²) in [5, 5.41) is 3.61. The van der Waals surface area contributed by atoms with Crippen LogP contribution in [0.1, 0.15) is 39.2 Å². The minimum Gasteiger partial charge on any atom is -0.497 e. The van der Waals surface area contributed by atoms with Gasteiger partial charge in [-0.15, -0.1) is 0 Å². The number of nitrogens with one attached hydrogen (secondary N) is 1. The number of halogens is 2. The molecule has 0 spiro atoms. The van der Waals surface area contributed by atoms with Crippen molar-refractivity contribution in [1.82, 2.24) is 10.2 Å². The third-order valence-corrected chi connectivity index (χ3v) is 9.22. The second-order valence-corrected chi connectivity index (χ2v) is 12.2. The number of carbonyl (C=O) groups is 2. The Hall–Kier alpha value is -3.27. The van der Waals surface area contributed by atoms with Crippen LogP contribution in [0, 0.1) is 0 Å². The summed E-state index contributed by atoms with van der Waals surface area (Å²) < 4.78 is 34.0. The molecule has 0 aliphatic rings. The Morgan fingerprint density at radius 1 is 0.927 bits per heavy atom. The van der Waals surface area contributed by atoms with Crippen LogP contribution in [0.3, 0.4) is 0 Å². The van der Waals surface area contributed by atoms with Gasteiger partial charge in [0.1, 0.15) is 18.3 Å². The zero-order chi connectivity index (χ0) is 30.2. The monoisotopic (exact) mass is 619 g/mol. The van der Waals surface area contributed by atoms with Gasteiger partial charge in [0.05, 0.1) is 27.7 Å². The minimum absolute atomic E-state index is 0.0178. The van der Waals surface area contributed by atoms with Gasteiger partial charge in [-0.25, -0.2) is 8.42 Å². The molecule has 0 aromatic heterocycles. The molecule has 2 atom stereocenters. The van der Waals surface area contributed by atoms with E-state index in [0.717, 1.165) is 4.31 Å². The first-order valence-corrected chi connectivity index (χ1v) is 15.5. The zero-order valence-electron chi connectivity index (χ0n) is 23.5. The van der Waals surface area contributed by atoms with Crippen LogP contribution >= 0.6 is 23.2 Å². The van der Waals surface area contributed by atoms with E-state index in [1.54, 1.807) is 67.6 Å². The number of nitrogens with zero attached hydrogens (tertiary/aromatic N) is 2. The number of hydrogen-bond donors (Lipinski definition) is 1. The second kappa shape index (κ2) is 14.6. The van der Waals surface area contributed by atoms with Crippen molar-refractivity contribution in [2.45, 2.75) is 57.1 Å². The van der Waals surface area contributed by atoms with Gasteiger partial charge in [-0.2, -0.15) is 0 Å². The third kappa shape index (κ3) is 8.15. The van der Waals surface area contributed by atoms with E-state index in [0.29, 0.717) is 34.2 Å². The van der Waals surface area contributed by atoms with Crippen LogP contribution in [0.25, 0.3) is 0 Å². The van der Waals surface area contributed by atoms with Crippen LogP contribution in [0.15, 0.2) is 77.7 Å². The highest BCUT2D eigenvalue weighted by Crippen LogP contribution is 2.28. The van der Waals surface area contributed by atoms with Crippen molar-refractivity contribution in [2.75, 3.05) is 18.0 Å². The number of rotatable bonds is 13. The van der Waals surface area contributed by atoms with Crippen molar-refractivity contribution >= 4 is 50.7 Å². The van der Waals surface area contributed by atoms with Crippen LogP contribution < -0.4 is 14.4 Å². The van der Waals surface area contributed by atoms with Crippen LogP contribution in [0.5, 0.6) is 5.75 Å². The number of amides is 2. The molecule has 0 fully saturated rings. The number of methoxy groups -OCH3 is 1. The third-order valence-electron chi connectivity index (χ3n) is 6.69. The smallest absolute Gasteiger partial charge is 0.264 e. The fourth-order valence-corrected chi connectivity index (χ4v) is 5.95. The second-order valence-electron chi connectivity index (χ2n) is 9.53. The molecular formula is C30H35Cl2N3O5S. The van der Waals surface area contributed by atoms with Gasteiger partial charge in [-0.05, 0) is 73.9 Å². The first-order valence-electron chi connectivity index (χ1n) is 13.3. The first-order chi connectivity index (χ1) is 19.5. The number of ether oxygens (including phenoxy) is 1. The van der Waals surface area contributed by atoms with E-state index in [9.17, 15) is 18.0 Å². The molecule has 220 valence electrons. The van der Waals surface area contributed by atoms with E-state index in [4.69, 9.17) is 27.9 Å². The predicted octanol–water partition coefficient (Wildman–Crippen LogP) is 5.92.